The molecule has 1 aromatic rings. The lowest BCUT2D eigenvalue weighted by atomic mass is 9.97. The van der Waals surface area contributed by atoms with Crippen molar-refractivity contribution in [1.82, 2.24) is 25.9 Å². The van der Waals surface area contributed by atoms with Crippen LogP contribution in [0.3, 0.4) is 0 Å². The number of amides is 3. The molecule has 0 saturated carbocycles. The van der Waals surface area contributed by atoms with Crippen molar-refractivity contribution in [2.24, 2.45) is 17.6 Å². The van der Waals surface area contributed by atoms with Crippen molar-refractivity contribution >= 4 is 36.3 Å². The first-order valence-corrected chi connectivity index (χ1v) is 11.1. The number of hydrogen-bond acceptors (Lipinski definition) is 7. The van der Waals surface area contributed by atoms with E-state index in [-0.39, 0.29) is 24.0 Å². The van der Waals surface area contributed by atoms with Gasteiger partial charge >= 0.3 is 5.97 Å². The zero-order valence-corrected chi connectivity index (χ0v) is 19.7. The predicted octanol–water partition coefficient (Wildman–Crippen LogP) is -0.550. The molecule has 0 aromatic carbocycles. The van der Waals surface area contributed by atoms with Gasteiger partial charge in [0.1, 0.15) is 18.1 Å². The lowest BCUT2D eigenvalue weighted by Crippen LogP contribution is -2.59. The summed E-state index contributed by atoms with van der Waals surface area (Å²) in [4.78, 5) is 56.2. The fraction of sp³-hybridized carbons (Fsp3) is 0.650. The van der Waals surface area contributed by atoms with E-state index >= 15 is 0 Å². The highest BCUT2D eigenvalue weighted by molar-refractivity contribution is 7.80. The van der Waals surface area contributed by atoms with Gasteiger partial charge in [-0.1, -0.05) is 34.1 Å². The van der Waals surface area contributed by atoms with E-state index < -0.39 is 47.9 Å². The van der Waals surface area contributed by atoms with Crippen molar-refractivity contribution in [1.29, 1.82) is 0 Å². The quantitative estimate of drug-likeness (QED) is 0.189. The van der Waals surface area contributed by atoms with Crippen molar-refractivity contribution in [2.75, 3.05) is 5.75 Å². The Morgan fingerprint density at radius 1 is 1.09 bits per heavy atom. The van der Waals surface area contributed by atoms with Crippen LogP contribution in [0, 0.1) is 11.8 Å². The molecule has 11 nitrogen and oxygen atoms in total. The number of aromatic nitrogens is 2. The van der Waals surface area contributed by atoms with Crippen LogP contribution < -0.4 is 21.7 Å². The number of carbonyl (C=O) groups is 4. The highest BCUT2D eigenvalue weighted by Gasteiger charge is 2.32. The Morgan fingerprint density at radius 2 is 1.72 bits per heavy atom. The van der Waals surface area contributed by atoms with Crippen LogP contribution in [-0.2, 0) is 25.6 Å². The second kappa shape index (κ2) is 13.1. The number of nitrogens with one attached hydrogen (secondary N) is 4. The summed E-state index contributed by atoms with van der Waals surface area (Å²) >= 11 is 4.13. The number of aromatic amines is 1. The summed E-state index contributed by atoms with van der Waals surface area (Å²) < 4.78 is 0. The van der Waals surface area contributed by atoms with Crippen LogP contribution in [0.1, 0.15) is 39.8 Å². The summed E-state index contributed by atoms with van der Waals surface area (Å²) in [5.74, 6) is -3.38. The SMILES string of the molecule is CCC(C)C(NC(=O)C(CS)NC(=O)C(N)C(C)C)C(=O)NC(Cc1cnc[nH]1)C(=O)O. The molecule has 1 aromatic heterocycles. The van der Waals surface area contributed by atoms with Crippen molar-refractivity contribution in [2.45, 2.75) is 64.7 Å². The largest absolute Gasteiger partial charge is 0.480 e. The standard InChI is InChI=1S/C20H34N6O5S/c1-5-11(4)16(19(29)24-13(20(30)31)6-12-7-22-9-23-12)26-17(27)14(8-32)25-18(28)15(21)10(2)3/h7,9-11,13-16,32H,5-6,8,21H2,1-4H3,(H,22,23)(H,24,29)(H,25,28)(H,26,27)(H,30,31). The second-order valence-corrected chi connectivity index (χ2v) is 8.43. The smallest absolute Gasteiger partial charge is 0.326 e. The fourth-order valence-electron chi connectivity index (χ4n) is 2.80. The molecular weight excluding hydrogens is 436 g/mol. The summed E-state index contributed by atoms with van der Waals surface area (Å²) in [6.07, 6.45) is 3.44. The van der Waals surface area contributed by atoms with Crippen molar-refractivity contribution in [3.05, 3.63) is 18.2 Å². The molecule has 7 N–H and O–H groups in total. The van der Waals surface area contributed by atoms with Gasteiger partial charge in [-0.2, -0.15) is 12.6 Å². The molecule has 0 radical (unpaired) electrons. The minimum absolute atomic E-state index is 0.00462. The molecule has 0 fully saturated rings. The van der Waals surface area contributed by atoms with Gasteiger partial charge in [-0.15, -0.1) is 0 Å². The van der Waals surface area contributed by atoms with E-state index in [1.807, 2.05) is 6.92 Å². The molecule has 0 spiro atoms. The third kappa shape index (κ3) is 8.15. The molecule has 0 aliphatic carbocycles. The molecule has 1 rings (SSSR count). The van der Waals surface area contributed by atoms with Crippen molar-refractivity contribution in [3.8, 4) is 0 Å². The predicted molar refractivity (Wildman–Crippen MR) is 122 cm³/mol. The van der Waals surface area contributed by atoms with E-state index in [1.165, 1.54) is 12.5 Å². The number of aliphatic carboxylic acids is 1. The zero-order chi connectivity index (χ0) is 24.4. The zero-order valence-electron chi connectivity index (χ0n) is 18.8. The molecule has 32 heavy (non-hydrogen) atoms. The average molecular weight is 471 g/mol. The highest BCUT2D eigenvalue weighted by Crippen LogP contribution is 2.10. The number of nitrogens with two attached hydrogens (primary N) is 1. The number of imidazole rings is 1. The fourth-order valence-corrected chi connectivity index (χ4v) is 3.06. The van der Waals surface area contributed by atoms with Crippen LogP contribution in [-0.4, -0.2) is 68.7 Å². The minimum atomic E-state index is -1.22. The van der Waals surface area contributed by atoms with Gasteiger partial charge in [0.2, 0.25) is 17.7 Å². The number of thiol groups is 1. The number of carboxylic acid groups (broad SMARTS) is 1. The number of carboxylic acids is 1. The Hall–Kier alpha value is -2.60. The molecule has 5 unspecified atom stereocenters. The Labute approximate surface area is 193 Å². The van der Waals surface area contributed by atoms with Crippen LogP contribution in [0.25, 0.3) is 0 Å². The minimum Gasteiger partial charge on any atom is -0.480 e. The first-order chi connectivity index (χ1) is 15.0. The Kier molecular flexibility index (Phi) is 11.2. The molecule has 12 heteroatoms. The average Bonchev–Trinajstić information content (AvgIpc) is 3.26. The lowest BCUT2D eigenvalue weighted by Gasteiger charge is -2.28. The number of nitrogens with zero attached hydrogens (tertiary/aromatic N) is 1. The molecule has 5 atom stereocenters. The van der Waals surface area contributed by atoms with E-state index in [0.29, 0.717) is 12.1 Å². The molecule has 3 amide bonds. The number of carbonyl (C=O) groups excluding carboxylic acids is 3. The van der Waals surface area contributed by atoms with Gasteiger partial charge in [0.05, 0.1) is 12.4 Å². The van der Waals surface area contributed by atoms with E-state index in [1.54, 1.807) is 20.8 Å². The maximum absolute atomic E-state index is 12.9. The van der Waals surface area contributed by atoms with E-state index in [4.69, 9.17) is 5.73 Å². The van der Waals surface area contributed by atoms with Crippen LogP contribution >= 0.6 is 12.6 Å². The Balaban J connectivity index is 2.91. The highest BCUT2D eigenvalue weighted by atomic mass is 32.1. The van der Waals surface area contributed by atoms with E-state index in [9.17, 15) is 24.3 Å². The third-order valence-electron chi connectivity index (χ3n) is 5.22. The lowest BCUT2D eigenvalue weighted by molar-refractivity contribution is -0.142. The van der Waals surface area contributed by atoms with Gasteiger partial charge in [-0.05, 0) is 11.8 Å². The van der Waals surface area contributed by atoms with Gasteiger partial charge in [0, 0.05) is 24.1 Å². The maximum atomic E-state index is 12.9. The normalized spacial score (nSPS) is 15.8. The van der Waals surface area contributed by atoms with Gasteiger partial charge < -0.3 is 31.8 Å². The summed E-state index contributed by atoms with van der Waals surface area (Å²) in [5.41, 5.74) is 6.37. The summed E-state index contributed by atoms with van der Waals surface area (Å²) in [7, 11) is 0. The summed E-state index contributed by atoms with van der Waals surface area (Å²) in [6.45, 7) is 7.17. The molecule has 0 saturated heterocycles. The Morgan fingerprint density at radius 3 is 2.19 bits per heavy atom. The molecule has 0 bridgehead atoms. The first kappa shape index (κ1) is 27.4. The maximum Gasteiger partial charge on any atom is 0.326 e. The summed E-state index contributed by atoms with van der Waals surface area (Å²) in [6, 6.07) is -4.02. The molecular formula is C20H34N6O5S. The Bertz CT molecular complexity index is 773. The first-order valence-electron chi connectivity index (χ1n) is 10.5. The second-order valence-electron chi connectivity index (χ2n) is 8.07. The topological polar surface area (TPSA) is 179 Å². The third-order valence-corrected chi connectivity index (χ3v) is 5.59. The number of rotatable bonds is 13. The van der Waals surface area contributed by atoms with Gasteiger partial charge in [-0.25, -0.2) is 9.78 Å². The van der Waals surface area contributed by atoms with Crippen LogP contribution in [0.4, 0.5) is 0 Å². The van der Waals surface area contributed by atoms with Crippen LogP contribution in [0.15, 0.2) is 12.5 Å². The monoisotopic (exact) mass is 470 g/mol. The van der Waals surface area contributed by atoms with Gasteiger partial charge in [0.25, 0.3) is 0 Å². The number of hydrogen-bond donors (Lipinski definition) is 7. The summed E-state index contributed by atoms with van der Waals surface area (Å²) in [5, 5.41) is 17.2. The van der Waals surface area contributed by atoms with Gasteiger partial charge in [0.15, 0.2) is 0 Å². The number of H-pyrrole nitrogens is 1. The van der Waals surface area contributed by atoms with Crippen LogP contribution in [0.5, 0.6) is 0 Å². The molecule has 0 aliphatic heterocycles. The molecule has 180 valence electrons. The van der Waals surface area contributed by atoms with Crippen LogP contribution in [0.2, 0.25) is 0 Å². The van der Waals surface area contributed by atoms with E-state index in [0.717, 1.165) is 0 Å². The van der Waals surface area contributed by atoms with Crippen molar-refractivity contribution in [3.63, 3.8) is 0 Å². The van der Waals surface area contributed by atoms with Crippen molar-refractivity contribution < 1.29 is 24.3 Å². The van der Waals surface area contributed by atoms with E-state index in [2.05, 4.69) is 38.5 Å². The molecule has 1 heterocycles. The molecule has 0 aliphatic rings. The van der Waals surface area contributed by atoms with Gasteiger partial charge in [-0.3, -0.25) is 14.4 Å².